The highest BCUT2D eigenvalue weighted by Gasteiger charge is 2.25. The van der Waals surface area contributed by atoms with Gasteiger partial charge in [0.1, 0.15) is 9.88 Å². The number of carboxylic acids is 1. The van der Waals surface area contributed by atoms with Crippen LogP contribution in [0.5, 0.6) is 0 Å². The third-order valence-electron chi connectivity index (χ3n) is 3.50. The Morgan fingerprint density at radius 1 is 1.45 bits per heavy atom. The minimum atomic E-state index is -0.984. The van der Waals surface area contributed by atoms with Crippen LogP contribution in [0, 0.1) is 6.92 Å². The third kappa shape index (κ3) is 3.69. The third-order valence-corrected chi connectivity index (χ3v) is 4.65. The van der Waals surface area contributed by atoms with Crippen molar-refractivity contribution in [3.8, 4) is 0 Å². The minimum Gasteiger partial charge on any atom is -0.477 e. The molecule has 1 aromatic heterocycles. The second-order valence-corrected chi connectivity index (χ2v) is 6.29. The van der Waals surface area contributed by atoms with Crippen molar-refractivity contribution in [1.82, 2.24) is 15.2 Å². The first-order chi connectivity index (χ1) is 9.19. The Morgan fingerprint density at radius 3 is 2.50 bits per heavy atom. The van der Waals surface area contributed by atoms with Crippen LogP contribution in [0.3, 0.4) is 0 Å². The van der Waals surface area contributed by atoms with Crippen LogP contribution in [0.2, 0.25) is 0 Å². The van der Waals surface area contributed by atoms with Crippen molar-refractivity contribution in [3.05, 3.63) is 15.6 Å². The first kappa shape index (κ1) is 16.4. The van der Waals surface area contributed by atoms with Crippen molar-refractivity contribution in [3.63, 3.8) is 0 Å². The van der Waals surface area contributed by atoms with E-state index in [-0.39, 0.29) is 23.0 Å². The van der Waals surface area contributed by atoms with Crippen LogP contribution in [0.15, 0.2) is 0 Å². The molecule has 0 unspecified atom stereocenters. The summed E-state index contributed by atoms with van der Waals surface area (Å²) >= 11 is 1.09. The monoisotopic (exact) mass is 299 g/mol. The summed E-state index contributed by atoms with van der Waals surface area (Å²) in [5.74, 6) is -0.984. The molecule has 0 atom stereocenters. The van der Waals surface area contributed by atoms with Crippen LogP contribution in [-0.2, 0) is 6.54 Å². The zero-order valence-electron chi connectivity index (χ0n) is 12.5. The normalized spacial score (nSPS) is 11.2. The molecule has 0 saturated carbocycles. The van der Waals surface area contributed by atoms with E-state index in [4.69, 9.17) is 5.11 Å². The molecule has 0 fully saturated rings. The number of hydrogen-bond acceptors (Lipinski definition) is 4. The molecule has 20 heavy (non-hydrogen) atoms. The molecule has 6 nitrogen and oxygen atoms in total. The molecule has 0 aliphatic rings. The molecular formula is C13H21N3O3S. The molecule has 0 aliphatic heterocycles. The maximum atomic E-state index is 12.0. The molecule has 2 amide bonds. The average Bonchev–Trinajstić information content (AvgIpc) is 2.76. The number of aromatic nitrogens is 1. The van der Waals surface area contributed by atoms with Gasteiger partial charge in [0.25, 0.3) is 0 Å². The lowest BCUT2D eigenvalue weighted by molar-refractivity contribution is 0.0701. The Bertz CT molecular complexity index is 511. The Labute approximate surface area is 122 Å². The maximum Gasteiger partial charge on any atom is 0.347 e. The van der Waals surface area contributed by atoms with Gasteiger partial charge in [0, 0.05) is 12.6 Å². The Balaban J connectivity index is 2.66. The van der Waals surface area contributed by atoms with E-state index in [0.717, 1.165) is 17.8 Å². The number of rotatable bonds is 5. The number of nitrogens with zero attached hydrogens (tertiary/aromatic N) is 2. The van der Waals surface area contributed by atoms with E-state index in [1.807, 2.05) is 20.8 Å². The summed E-state index contributed by atoms with van der Waals surface area (Å²) in [6, 6.07) is -0.193. The van der Waals surface area contributed by atoms with E-state index < -0.39 is 5.97 Å². The first-order valence-corrected chi connectivity index (χ1v) is 7.22. The van der Waals surface area contributed by atoms with Crippen molar-refractivity contribution in [1.29, 1.82) is 0 Å². The number of hydrogen-bond donors (Lipinski definition) is 2. The highest BCUT2D eigenvalue weighted by molar-refractivity contribution is 7.13. The fourth-order valence-electron chi connectivity index (χ4n) is 1.51. The minimum absolute atomic E-state index is 0.193. The van der Waals surface area contributed by atoms with Gasteiger partial charge in [-0.1, -0.05) is 6.92 Å². The number of carbonyl (C=O) groups is 2. The lowest BCUT2D eigenvalue weighted by atomic mass is 10.0. The highest BCUT2D eigenvalue weighted by Crippen LogP contribution is 2.19. The second kappa shape index (κ2) is 6.21. The molecule has 0 bridgehead atoms. The molecule has 0 aromatic carbocycles. The first-order valence-electron chi connectivity index (χ1n) is 6.40. The van der Waals surface area contributed by atoms with Gasteiger partial charge in [-0.3, -0.25) is 0 Å². The largest absolute Gasteiger partial charge is 0.477 e. The van der Waals surface area contributed by atoms with Gasteiger partial charge < -0.3 is 15.3 Å². The predicted octanol–water partition coefficient (Wildman–Crippen LogP) is 2.48. The van der Waals surface area contributed by atoms with Crippen LogP contribution in [0.1, 0.15) is 47.6 Å². The van der Waals surface area contributed by atoms with Crippen LogP contribution < -0.4 is 5.32 Å². The van der Waals surface area contributed by atoms with E-state index in [9.17, 15) is 9.59 Å². The number of aryl methyl sites for hydroxylation is 1. The summed E-state index contributed by atoms with van der Waals surface area (Å²) < 4.78 is 0. The van der Waals surface area contributed by atoms with Gasteiger partial charge >= 0.3 is 12.0 Å². The molecular weight excluding hydrogens is 278 g/mol. The van der Waals surface area contributed by atoms with Crippen LogP contribution in [-0.4, -0.2) is 39.6 Å². The summed E-state index contributed by atoms with van der Waals surface area (Å²) in [6.45, 7) is 7.89. The molecule has 1 aromatic rings. The van der Waals surface area contributed by atoms with Gasteiger partial charge in [0.2, 0.25) is 0 Å². The van der Waals surface area contributed by atoms with E-state index >= 15 is 0 Å². The topological polar surface area (TPSA) is 82.5 Å². The number of carbonyl (C=O) groups excluding carboxylic acids is 1. The fraction of sp³-hybridized carbons (Fsp3) is 0.615. The van der Waals surface area contributed by atoms with Gasteiger partial charge in [-0.25, -0.2) is 14.6 Å². The molecule has 0 saturated heterocycles. The summed E-state index contributed by atoms with van der Waals surface area (Å²) in [5.41, 5.74) is 0.253. The summed E-state index contributed by atoms with van der Waals surface area (Å²) in [7, 11) is 1.74. The van der Waals surface area contributed by atoms with Crippen molar-refractivity contribution >= 4 is 23.3 Å². The van der Waals surface area contributed by atoms with Crippen molar-refractivity contribution in [2.24, 2.45) is 0 Å². The van der Waals surface area contributed by atoms with Gasteiger partial charge in [-0.2, -0.15) is 0 Å². The molecule has 0 spiro atoms. The Hall–Kier alpha value is -1.63. The van der Waals surface area contributed by atoms with Gasteiger partial charge in [-0.15, -0.1) is 11.3 Å². The van der Waals surface area contributed by atoms with E-state index in [2.05, 4.69) is 10.3 Å². The SMILES string of the molecule is CCC(C)(C)N(C)C(=O)NCc1nc(C)c(C(=O)O)s1. The van der Waals surface area contributed by atoms with E-state index in [0.29, 0.717) is 10.7 Å². The lowest BCUT2D eigenvalue weighted by Crippen LogP contribution is -2.49. The number of aromatic carboxylic acids is 1. The van der Waals surface area contributed by atoms with Gasteiger partial charge in [-0.05, 0) is 27.2 Å². The number of thiazole rings is 1. The molecule has 0 aliphatic carbocycles. The Kier molecular flexibility index (Phi) is 5.10. The Morgan fingerprint density at radius 2 is 2.05 bits per heavy atom. The summed E-state index contributed by atoms with van der Waals surface area (Å²) in [5, 5.41) is 12.3. The van der Waals surface area contributed by atoms with Crippen molar-refractivity contribution < 1.29 is 14.7 Å². The second-order valence-electron chi connectivity index (χ2n) is 5.21. The molecule has 112 valence electrons. The number of carboxylic acid groups (broad SMARTS) is 1. The van der Waals surface area contributed by atoms with Crippen LogP contribution in [0.25, 0.3) is 0 Å². The number of urea groups is 1. The molecule has 0 radical (unpaired) electrons. The highest BCUT2D eigenvalue weighted by atomic mass is 32.1. The zero-order valence-corrected chi connectivity index (χ0v) is 13.3. The smallest absolute Gasteiger partial charge is 0.347 e. The van der Waals surface area contributed by atoms with Crippen LogP contribution in [0.4, 0.5) is 4.79 Å². The van der Waals surface area contributed by atoms with E-state index in [1.54, 1.807) is 18.9 Å². The van der Waals surface area contributed by atoms with Crippen molar-refractivity contribution in [2.45, 2.75) is 46.2 Å². The predicted molar refractivity (Wildman–Crippen MR) is 78.2 cm³/mol. The summed E-state index contributed by atoms with van der Waals surface area (Å²) in [4.78, 5) is 29.0. The molecule has 1 rings (SSSR count). The molecule has 2 N–H and O–H groups in total. The molecule has 1 heterocycles. The van der Waals surface area contributed by atoms with Gasteiger partial charge in [0.15, 0.2) is 0 Å². The number of amides is 2. The standard InChI is InChI=1S/C13H21N3O3S/c1-6-13(3,4)16(5)12(19)14-7-9-15-8(2)10(20-9)11(17)18/h6-7H2,1-5H3,(H,14,19)(H,17,18). The van der Waals surface area contributed by atoms with Gasteiger partial charge in [0.05, 0.1) is 12.2 Å². The summed E-state index contributed by atoms with van der Waals surface area (Å²) in [6.07, 6.45) is 0.844. The maximum absolute atomic E-state index is 12.0. The quantitative estimate of drug-likeness (QED) is 0.875. The molecule has 7 heteroatoms. The van der Waals surface area contributed by atoms with E-state index in [1.165, 1.54) is 0 Å². The van der Waals surface area contributed by atoms with Crippen LogP contribution >= 0.6 is 11.3 Å². The number of nitrogens with one attached hydrogen (secondary N) is 1. The lowest BCUT2D eigenvalue weighted by Gasteiger charge is -2.34. The van der Waals surface area contributed by atoms with Crippen molar-refractivity contribution in [2.75, 3.05) is 7.05 Å². The average molecular weight is 299 g/mol. The zero-order chi connectivity index (χ0) is 15.5. The fourth-order valence-corrected chi connectivity index (χ4v) is 2.35.